The Morgan fingerprint density at radius 1 is 1.22 bits per heavy atom. The van der Waals surface area contributed by atoms with E-state index in [0.717, 1.165) is 11.3 Å². The molecule has 138 valence electrons. The van der Waals surface area contributed by atoms with E-state index in [0.29, 0.717) is 11.0 Å². The van der Waals surface area contributed by atoms with Crippen molar-refractivity contribution in [3.8, 4) is 11.3 Å². The van der Waals surface area contributed by atoms with Crippen LogP contribution in [0.2, 0.25) is 5.02 Å². The van der Waals surface area contributed by atoms with Crippen LogP contribution in [0.1, 0.15) is 30.9 Å². The Morgan fingerprint density at radius 3 is 2.63 bits per heavy atom. The summed E-state index contributed by atoms with van der Waals surface area (Å²) in [5.41, 5.74) is 3.23. The minimum absolute atomic E-state index is 0.180. The van der Waals surface area contributed by atoms with Gasteiger partial charge in [0.25, 0.3) is 0 Å². The van der Waals surface area contributed by atoms with E-state index in [2.05, 4.69) is 36.3 Å². The molecule has 0 aliphatic heterocycles. The topological polar surface area (TPSA) is 42.0 Å². The van der Waals surface area contributed by atoms with Gasteiger partial charge in [0.15, 0.2) is 5.13 Å². The van der Waals surface area contributed by atoms with Crippen molar-refractivity contribution in [2.75, 3.05) is 5.32 Å². The van der Waals surface area contributed by atoms with Gasteiger partial charge < -0.3 is 0 Å². The first kappa shape index (κ1) is 19.3. The average molecular weight is 401 g/mol. The van der Waals surface area contributed by atoms with E-state index in [1.165, 1.54) is 41.2 Å². The highest BCUT2D eigenvalue weighted by Gasteiger charge is 2.08. The Morgan fingerprint density at radius 2 is 1.96 bits per heavy atom. The van der Waals surface area contributed by atoms with E-state index in [-0.39, 0.29) is 10.6 Å². The summed E-state index contributed by atoms with van der Waals surface area (Å²) in [5.74, 6) is -0.405. The molecule has 1 heterocycles. The molecule has 0 unspecified atom stereocenters. The number of amides is 1. The Labute approximate surface area is 166 Å². The van der Waals surface area contributed by atoms with Crippen molar-refractivity contribution in [3.05, 3.63) is 75.9 Å². The summed E-state index contributed by atoms with van der Waals surface area (Å²) in [4.78, 5) is 16.5. The minimum Gasteiger partial charge on any atom is -0.298 e. The second-order valence-corrected chi connectivity index (χ2v) is 7.54. The number of aromatic nitrogens is 1. The van der Waals surface area contributed by atoms with Gasteiger partial charge in [0.1, 0.15) is 5.82 Å². The van der Waals surface area contributed by atoms with Crippen LogP contribution < -0.4 is 5.32 Å². The van der Waals surface area contributed by atoms with Gasteiger partial charge in [0.05, 0.1) is 10.7 Å². The smallest absolute Gasteiger partial charge is 0.250 e. The van der Waals surface area contributed by atoms with Gasteiger partial charge in [0.2, 0.25) is 5.91 Å². The van der Waals surface area contributed by atoms with Crippen molar-refractivity contribution < 1.29 is 9.18 Å². The van der Waals surface area contributed by atoms with Gasteiger partial charge >= 0.3 is 0 Å². The van der Waals surface area contributed by atoms with Crippen molar-refractivity contribution in [2.24, 2.45) is 0 Å². The summed E-state index contributed by atoms with van der Waals surface area (Å²) in [6.45, 7) is 4.29. The fourth-order valence-electron chi connectivity index (χ4n) is 2.48. The highest BCUT2D eigenvalue weighted by atomic mass is 35.5. The van der Waals surface area contributed by atoms with Crippen molar-refractivity contribution in [2.45, 2.75) is 19.8 Å². The fraction of sp³-hybridized carbons (Fsp3) is 0.143. The lowest BCUT2D eigenvalue weighted by Crippen LogP contribution is -2.07. The third-order valence-corrected chi connectivity index (χ3v) is 5.10. The molecule has 3 aromatic rings. The fourth-order valence-corrected chi connectivity index (χ4v) is 3.43. The first-order valence-electron chi connectivity index (χ1n) is 8.43. The molecule has 0 aliphatic rings. The minimum atomic E-state index is -0.479. The number of carbonyl (C=O) groups is 1. The molecule has 3 nitrogen and oxygen atoms in total. The maximum absolute atomic E-state index is 13.7. The molecule has 0 fully saturated rings. The standard InChI is InChI=1S/C21H18ClFN2OS/c1-13(2)14-6-8-15(9-7-14)19-12-27-21(24-19)25-20(26)11-10-16-17(22)4-3-5-18(16)23/h3-13H,1-2H3,(H,24,25,26). The maximum Gasteiger partial charge on any atom is 0.250 e. The molecule has 1 N–H and O–H groups in total. The Bertz CT molecular complexity index is 960. The number of carbonyl (C=O) groups excluding carboxylic acids is 1. The van der Waals surface area contributed by atoms with Gasteiger partial charge in [-0.15, -0.1) is 11.3 Å². The van der Waals surface area contributed by atoms with Crippen LogP contribution in [0, 0.1) is 5.82 Å². The number of nitrogens with zero attached hydrogens (tertiary/aromatic N) is 1. The van der Waals surface area contributed by atoms with Crippen LogP contribution in [0.3, 0.4) is 0 Å². The number of nitrogens with one attached hydrogen (secondary N) is 1. The summed E-state index contributed by atoms with van der Waals surface area (Å²) < 4.78 is 13.7. The zero-order valence-electron chi connectivity index (χ0n) is 14.9. The molecule has 2 aromatic carbocycles. The van der Waals surface area contributed by atoms with E-state index < -0.39 is 11.7 Å². The number of halogens is 2. The van der Waals surface area contributed by atoms with Gasteiger partial charge in [-0.1, -0.05) is 55.8 Å². The molecule has 0 saturated carbocycles. The van der Waals surface area contributed by atoms with Crippen molar-refractivity contribution in [1.29, 1.82) is 0 Å². The average Bonchev–Trinajstić information content (AvgIpc) is 3.09. The summed E-state index contributed by atoms with van der Waals surface area (Å²) in [7, 11) is 0. The van der Waals surface area contributed by atoms with Crippen LogP contribution in [0.4, 0.5) is 9.52 Å². The maximum atomic E-state index is 13.7. The van der Waals surface area contributed by atoms with Gasteiger partial charge in [-0.25, -0.2) is 9.37 Å². The number of benzene rings is 2. The lowest BCUT2D eigenvalue weighted by molar-refractivity contribution is -0.111. The molecule has 1 amide bonds. The molecular weight excluding hydrogens is 383 g/mol. The second-order valence-electron chi connectivity index (χ2n) is 6.27. The second kappa shape index (κ2) is 8.46. The molecule has 27 heavy (non-hydrogen) atoms. The van der Waals surface area contributed by atoms with Crippen LogP contribution in [0.5, 0.6) is 0 Å². The molecule has 0 aliphatic carbocycles. The number of hydrogen-bond donors (Lipinski definition) is 1. The molecular formula is C21H18ClFN2OS. The van der Waals surface area contributed by atoms with E-state index in [1.54, 1.807) is 6.07 Å². The van der Waals surface area contributed by atoms with Crippen LogP contribution >= 0.6 is 22.9 Å². The lowest BCUT2D eigenvalue weighted by atomic mass is 10.0. The largest absolute Gasteiger partial charge is 0.298 e. The van der Waals surface area contributed by atoms with E-state index >= 15 is 0 Å². The zero-order chi connectivity index (χ0) is 19.4. The van der Waals surface area contributed by atoms with Gasteiger partial charge in [0, 0.05) is 22.6 Å². The molecule has 0 atom stereocenters. The van der Waals surface area contributed by atoms with Gasteiger partial charge in [-0.3, -0.25) is 10.1 Å². The Kier molecular flexibility index (Phi) is 6.04. The highest BCUT2D eigenvalue weighted by molar-refractivity contribution is 7.14. The van der Waals surface area contributed by atoms with Crippen molar-refractivity contribution in [1.82, 2.24) is 4.98 Å². The molecule has 0 bridgehead atoms. The predicted octanol–water partition coefficient (Wildman–Crippen LogP) is 6.38. The molecule has 0 radical (unpaired) electrons. The van der Waals surface area contributed by atoms with E-state index in [1.807, 2.05) is 17.5 Å². The molecule has 1 aromatic heterocycles. The normalized spacial score (nSPS) is 11.3. The number of rotatable bonds is 5. The van der Waals surface area contributed by atoms with Gasteiger partial charge in [-0.05, 0) is 29.7 Å². The van der Waals surface area contributed by atoms with Crippen LogP contribution in [0.15, 0.2) is 53.9 Å². The highest BCUT2D eigenvalue weighted by Crippen LogP contribution is 2.26. The Hall–Kier alpha value is -2.50. The van der Waals surface area contributed by atoms with Crippen LogP contribution in [-0.2, 0) is 4.79 Å². The van der Waals surface area contributed by atoms with Gasteiger partial charge in [-0.2, -0.15) is 0 Å². The summed E-state index contributed by atoms with van der Waals surface area (Å²) in [6.07, 6.45) is 2.59. The monoisotopic (exact) mass is 400 g/mol. The number of hydrogen-bond acceptors (Lipinski definition) is 3. The number of thiazole rings is 1. The van der Waals surface area contributed by atoms with Crippen LogP contribution in [-0.4, -0.2) is 10.9 Å². The molecule has 3 rings (SSSR count). The zero-order valence-corrected chi connectivity index (χ0v) is 16.4. The third kappa shape index (κ3) is 4.81. The number of anilines is 1. The van der Waals surface area contributed by atoms with Crippen molar-refractivity contribution >= 4 is 40.1 Å². The molecule has 0 saturated heterocycles. The van der Waals surface area contributed by atoms with Crippen molar-refractivity contribution in [3.63, 3.8) is 0 Å². The summed E-state index contributed by atoms with van der Waals surface area (Å²) >= 11 is 7.28. The van der Waals surface area contributed by atoms with E-state index in [4.69, 9.17) is 11.6 Å². The van der Waals surface area contributed by atoms with Crippen LogP contribution in [0.25, 0.3) is 17.3 Å². The Balaban J connectivity index is 1.68. The lowest BCUT2D eigenvalue weighted by Gasteiger charge is -2.05. The summed E-state index contributed by atoms with van der Waals surface area (Å²) in [5, 5.41) is 5.30. The molecule has 6 heteroatoms. The van der Waals surface area contributed by atoms with E-state index in [9.17, 15) is 9.18 Å². The first-order chi connectivity index (χ1) is 12.9. The molecule has 0 spiro atoms. The summed E-state index contributed by atoms with van der Waals surface area (Å²) in [6, 6.07) is 12.6. The first-order valence-corrected chi connectivity index (χ1v) is 9.68. The predicted molar refractivity (Wildman–Crippen MR) is 111 cm³/mol. The third-order valence-electron chi connectivity index (χ3n) is 4.01. The SMILES string of the molecule is CC(C)c1ccc(-c2csc(NC(=O)C=Cc3c(F)cccc3Cl)n2)cc1. The quantitative estimate of drug-likeness (QED) is 0.505.